The highest BCUT2D eigenvalue weighted by Crippen LogP contribution is 1.81. The van der Waals surface area contributed by atoms with E-state index in [0.717, 1.165) is 0 Å². The molecule has 0 fully saturated rings. The maximum absolute atomic E-state index is 9.71. The van der Waals surface area contributed by atoms with Gasteiger partial charge in [0.15, 0.2) is 0 Å². The SMILES string of the molecule is N[C@@H](CC(=O)[O-])C(=O)[O-].[NH4+].[NH4+]. The molecule has 0 rings (SSSR count). The lowest BCUT2D eigenvalue weighted by Gasteiger charge is -2.11. The van der Waals surface area contributed by atoms with Crippen LogP contribution in [0.4, 0.5) is 0 Å². The van der Waals surface area contributed by atoms with Gasteiger partial charge in [-0.3, -0.25) is 0 Å². The lowest BCUT2D eigenvalue weighted by atomic mass is 10.2. The molecule has 7 heteroatoms. The van der Waals surface area contributed by atoms with Crippen LogP contribution in [0.3, 0.4) is 0 Å². The summed E-state index contributed by atoms with van der Waals surface area (Å²) in [4.78, 5) is 19.3. The molecule has 0 aliphatic heterocycles. The predicted octanol–water partition coefficient (Wildman–Crippen LogP) is -3.04. The number of nitrogens with two attached hydrogens (primary N) is 1. The summed E-state index contributed by atoms with van der Waals surface area (Å²) < 4.78 is 0. The van der Waals surface area contributed by atoms with Crippen molar-refractivity contribution in [2.75, 3.05) is 0 Å². The van der Waals surface area contributed by atoms with Crippen LogP contribution in [0.15, 0.2) is 0 Å². The molecule has 0 aromatic rings. The van der Waals surface area contributed by atoms with Crippen molar-refractivity contribution in [2.24, 2.45) is 5.73 Å². The molecule has 0 radical (unpaired) electrons. The van der Waals surface area contributed by atoms with E-state index in [2.05, 4.69) is 0 Å². The third-order valence-electron chi connectivity index (χ3n) is 0.689. The summed E-state index contributed by atoms with van der Waals surface area (Å²) in [5, 5.41) is 19.3. The Morgan fingerprint density at radius 1 is 1.27 bits per heavy atom. The normalized spacial score (nSPS) is 10.3. The highest BCUT2D eigenvalue weighted by molar-refractivity contribution is 5.77. The molecule has 10 N–H and O–H groups in total. The maximum atomic E-state index is 9.71. The summed E-state index contributed by atoms with van der Waals surface area (Å²) in [6, 6.07) is -1.46. The highest BCUT2D eigenvalue weighted by Gasteiger charge is 2.01. The summed E-state index contributed by atoms with van der Waals surface area (Å²) >= 11 is 0. The summed E-state index contributed by atoms with van der Waals surface area (Å²) in [6.07, 6.45) is -0.706. The van der Waals surface area contributed by atoms with Gasteiger partial charge in [0, 0.05) is 18.4 Å². The first-order valence-electron chi connectivity index (χ1n) is 2.20. The zero-order chi connectivity index (χ0) is 7.44. The van der Waals surface area contributed by atoms with Gasteiger partial charge >= 0.3 is 0 Å². The quantitative estimate of drug-likeness (QED) is 0.403. The summed E-state index contributed by atoms with van der Waals surface area (Å²) in [5.41, 5.74) is 4.73. The van der Waals surface area contributed by atoms with Gasteiger partial charge in [0.1, 0.15) is 0 Å². The molecule has 0 heterocycles. The number of carbonyl (C=O) groups excluding carboxylic acids is 2. The number of carbonyl (C=O) groups is 2. The maximum Gasteiger partial charge on any atom is 0.0586 e. The Hall–Kier alpha value is -1.18. The molecule has 11 heavy (non-hydrogen) atoms. The van der Waals surface area contributed by atoms with Gasteiger partial charge < -0.3 is 37.8 Å². The number of hydrogen-bond acceptors (Lipinski definition) is 5. The van der Waals surface area contributed by atoms with Crippen molar-refractivity contribution in [1.82, 2.24) is 12.3 Å². The van der Waals surface area contributed by atoms with E-state index in [4.69, 9.17) is 5.73 Å². The van der Waals surface area contributed by atoms with Crippen molar-refractivity contribution in [3.05, 3.63) is 0 Å². The monoisotopic (exact) mass is 167 g/mol. The minimum absolute atomic E-state index is 0. The first-order chi connectivity index (χ1) is 4.04. The Labute approximate surface area is 63.4 Å². The first kappa shape index (κ1) is 16.4. The average Bonchev–Trinajstić information content (AvgIpc) is 1.63. The van der Waals surface area contributed by atoms with Crippen LogP contribution >= 0.6 is 0 Å². The Morgan fingerprint density at radius 2 is 1.64 bits per heavy atom. The summed E-state index contributed by atoms with van der Waals surface area (Å²) in [6.45, 7) is 0. The Kier molecular flexibility index (Phi) is 10.4. The van der Waals surface area contributed by atoms with Crippen LogP contribution in [0.5, 0.6) is 0 Å². The van der Waals surface area contributed by atoms with Crippen LogP contribution in [-0.4, -0.2) is 18.0 Å². The molecule has 0 aliphatic rings. The van der Waals surface area contributed by atoms with Gasteiger partial charge in [-0.15, -0.1) is 0 Å². The van der Waals surface area contributed by atoms with E-state index in [0.29, 0.717) is 0 Å². The van der Waals surface area contributed by atoms with Crippen molar-refractivity contribution in [3.63, 3.8) is 0 Å². The second-order valence-corrected chi connectivity index (χ2v) is 1.50. The van der Waals surface area contributed by atoms with Gasteiger partial charge in [-0.25, -0.2) is 0 Å². The van der Waals surface area contributed by atoms with E-state index in [9.17, 15) is 19.8 Å². The zero-order valence-electron chi connectivity index (χ0n) is 6.49. The molecule has 1 atom stereocenters. The van der Waals surface area contributed by atoms with Crippen LogP contribution in [0.25, 0.3) is 0 Å². The third-order valence-corrected chi connectivity index (χ3v) is 0.689. The molecule has 0 unspecified atom stereocenters. The fourth-order valence-electron chi connectivity index (χ4n) is 0.263. The molecule has 0 aliphatic carbocycles. The van der Waals surface area contributed by atoms with Crippen molar-refractivity contribution in [2.45, 2.75) is 12.5 Å². The minimum Gasteiger partial charge on any atom is -0.550 e. The molecule has 0 saturated carbocycles. The van der Waals surface area contributed by atoms with Crippen molar-refractivity contribution in [1.29, 1.82) is 0 Å². The number of aliphatic carboxylic acids is 2. The Balaban J connectivity index is -0.000000320. The first-order valence-corrected chi connectivity index (χ1v) is 2.20. The minimum atomic E-state index is -1.58. The molecule has 0 saturated heterocycles. The number of carboxylic acids is 2. The fourth-order valence-corrected chi connectivity index (χ4v) is 0.263. The third kappa shape index (κ3) is 8.82. The molecule has 0 aromatic heterocycles. The van der Waals surface area contributed by atoms with E-state index in [1.165, 1.54) is 0 Å². The van der Waals surface area contributed by atoms with E-state index in [1.54, 1.807) is 0 Å². The molecule has 0 bridgehead atoms. The zero-order valence-corrected chi connectivity index (χ0v) is 6.49. The van der Waals surface area contributed by atoms with Crippen LogP contribution in [0, 0.1) is 0 Å². The Morgan fingerprint density at radius 3 is 1.73 bits per heavy atom. The Bertz CT molecular complexity index is 137. The average molecular weight is 167 g/mol. The van der Waals surface area contributed by atoms with E-state index >= 15 is 0 Å². The highest BCUT2D eigenvalue weighted by atomic mass is 16.4. The van der Waals surface area contributed by atoms with Gasteiger partial charge in [-0.2, -0.15) is 0 Å². The number of carboxylic acid groups (broad SMARTS) is 2. The lowest BCUT2D eigenvalue weighted by Crippen LogP contribution is -2.45. The topological polar surface area (TPSA) is 179 Å². The molecular formula is C4H13N3O4. The number of quaternary nitrogens is 2. The van der Waals surface area contributed by atoms with Gasteiger partial charge in [0.25, 0.3) is 0 Å². The van der Waals surface area contributed by atoms with Gasteiger partial charge in [0.2, 0.25) is 0 Å². The van der Waals surface area contributed by atoms with Crippen LogP contribution in [0.2, 0.25) is 0 Å². The standard InChI is InChI=1S/C4H7NO4.2H3N/c5-2(4(8)9)1-3(6)7;;/h2H,1,5H2,(H,6,7)(H,8,9);2*1H3/t2-;;/m0../s1. The largest absolute Gasteiger partial charge is 0.550 e. The molecule has 68 valence electrons. The molecule has 0 spiro atoms. The van der Waals surface area contributed by atoms with Crippen LogP contribution < -0.4 is 28.2 Å². The second kappa shape index (κ2) is 6.93. The van der Waals surface area contributed by atoms with Gasteiger partial charge in [-0.1, -0.05) is 0 Å². The molecular weight excluding hydrogens is 154 g/mol. The van der Waals surface area contributed by atoms with E-state index in [1.807, 2.05) is 0 Å². The van der Waals surface area contributed by atoms with E-state index in [-0.39, 0.29) is 12.3 Å². The van der Waals surface area contributed by atoms with Crippen LogP contribution in [0.1, 0.15) is 6.42 Å². The second-order valence-electron chi connectivity index (χ2n) is 1.50. The van der Waals surface area contributed by atoms with Crippen molar-refractivity contribution >= 4 is 11.9 Å². The number of hydrogen-bond donors (Lipinski definition) is 3. The fraction of sp³-hybridized carbons (Fsp3) is 0.500. The molecule has 7 nitrogen and oxygen atoms in total. The summed E-state index contributed by atoms with van der Waals surface area (Å²) in [5.74, 6) is -3.08. The van der Waals surface area contributed by atoms with Crippen molar-refractivity contribution < 1.29 is 19.8 Å². The smallest absolute Gasteiger partial charge is 0.0586 e. The lowest BCUT2D eigenvalue weighted by molar-refractivity contribution is -0.316. The van der Waals surface area contributed by atoms with E-state index < -0.39 is 24.4 Å². The van der Waals surface area contributed by atoms with Gasteiger partial charge in [0.05, 0.1) is 5.97 Å². The molecule has 0 amide bonds. The predicted molar refractivity (Wildman–Crippen MR) is 34.6 cm³/mol. The summed E-state index contributed by atoms with van der Waals surface area (Å²) in [7, 11) is 0. The van der Waals surface area contributed by atoms with Crippen LogP contribution in [-0.2, 0) is 9.59 Å². The molecule has 0 aromatic carbocycles. The van der Waals surface area contributed by atoms with Gasteiger partial charge in [-0.05, 0) is 0 Å². The van der Waals surface area contributed by atoms with Crippen molar-refractivity contribution in [3.8, 4) is 0 Å². The number of rotatable bonds is 3.